The van der Waals surface area contributed by atoms with E-state index < -0.39 is 0 Å². The molecule has 0 bridgehead atoms. The summed E-state index contributed by atoms with van der Waals surface area (Å²) in [6.07, 6.45) is 0.965. The lowest BCUT2D eigenvalue weighted by Crippen LogP contribution is -2.38. The minimum absolute atomic E-state index is 0.0582. The number of nitrogens with zero attached hydrogens (tertiary/aromatic N) is 3. The molecule has 1 heterocycles. The van der Waals surface area contributed by atoms with Crippen LogP contribution >= 0.6 is 23.2 Å². The average Bonchev–Trinajstić information content (AvgIpc) is 3.32. The van der Waals surface area contributed by atoms with Crippen LogP contribution in [-0.4, -0.2) is 39.6 Å². The minimum Gasteiger partial charge on any atom is -0.334 e. The Hall–Kier alpha value is -3.61. The summed E-state index contributed by atoms with van der Waals surface area (Å²) in [6.45, 7) is 2.24. The maximum atomic E-state index is 13.0. The van der Waals surface area contributed by atoms with Crippen LogP contribution in [0.3, 0.4) is 0 Å². The third-order valence-electron chi connectivity index (χ3n) is 5.73. The summed E-state index contributed by atoms with van der Waals surface area (Å²) in [5, 5.41) is 8.41. The fraction of sp³-hybridized carbons (Fsp3) is 0.179. The highest BCUT2D eigenvalue weighted by Gasteiger charge is 2.19. The molecule has 184 valence electrons. The Bertz CT molecular complexity index is 1340. The van der Waals surface area contributed by atoms with Crippen molar-refractivity contribution in [1.82, 2.24) is 14.7 Å². The van der Waals surface area contributed by atoms with E-state index in [1.807, 2.05) is 67.6 Å². The predicted molar refractivity (Wildman–Crippen MR) is 145 cm³/mol. The second-order valence-electron chi connectivity index (χ2n) is 8.23. The number of likely N-dealkylation sites (N-methyl/N-ethyl adjacent to an activating group) is 1. The summed E-state index contributed by atoms with van der Waals surface area (Å²) in [7, 11) is 0. The molecular formula is C28H26Cl2N4O2. The maximum absolute atomic E-state index is 13.0. The van der Waals surface area contributed by atoms with E-state index in [2.05, 4.69) is 5.32 Å². The van der Waals surface area contributed by atoms with E-state index in [1.54, 1.807) is 33.8 Å². The molecular weight excluding hydrogens is 495 g/mol. The second kappa shape index (κ2) is 11.9. The van der Waals surface area contributed by atoms with Crippen LogP contribution in [0, 0.1) is 0 Å². The molecule has 8 heteroatoms. The number of aromatic nitrogens is 2. The lowest BCUT2D eigenvalue weighted by Gasteiger charge is -2.20. The van der Waals surface area contributed by atoms with Gasteiger partial charge in [0.2, 0.25) is 11.8 Å². The molecule has 1 N–H and O–H groups in total. The molecule has 0 radical (unpaired) electrons. The van der Waals surface area contributed by atoms with Gasteiger partial charge in [0.05, 0.1) is 28.0 Å². The molecule has 0 unspecified atom stereocenters. The standard InChI is InChI=1S/C28H26Cl2N4O2/c1-2-33(28(36)16-13-20-9-5-3-6-10-20)19-27(35)31-26-18-25(21-11-7-4-8-12-21)32-34(26)22-14-15-23(29)24(30)17-22/h3-12,14-15,17-18H,2,13,16,19H2,1H3,(H,31,35). The summed E-state index contributed by atoms with van der Waals surface area (Å²) in [5.74, 6) is 0.0789. The van der Waals surface area contributed by atoms with Gasteiger partial charge in [-0.15, -0.1) is 0 Å². The van der Waals surface area contributed by atoms with Crippen LogP contribution in [0.25, 0.3) is 16.9 Å². The predicted octanol–water partition coefficient (Wildman–Crippen LogP) is 6.27. The van der Waals surface area contributed by atoms with Crippen molar-refractivity contribution < 1.29 is 9.59 Å². The number of nitrogens with one attached hydrogen (secondary N) is 1. The third-order valence-corrected chi connectivity index (χ3v) is 6.47. The molecule has 0 atom stereocenters. The number of carbonyl (C=O) groups excluding carboxylic acids is 2. The van der Waals surface area contributed by atoms with Crippen LogP contribution in [0.4, 0.5) is 5.82 Å². The summed E-state index contributed by atoms with van der Waals surface area (Å²) < 4.78 is 1.61. The van der Waals surface area contributed by atoms with E-state index in [0.717, 1.165) is 11.1 Å². The van der Waals surface area contributed by atoms with Gasteiger partial charge < -0.3 is 10.2 Å². The second-order valence-corrected chi connectivity index (χ2v) is 9.05. The molecule has 0 fully saturated rings. The Morgan fingerprint density at radius 3 is 2.28 bits per heavy atom. The van der Waals surface area contributed by atoms with Gasteiger partial charge in [0.25, 0.3) is 0 Å². The lowest BCUT2D eigenvalue weighted by molar-refractivity contribution is -0.134. The Morgan fingerprint density at radius 2 is 1.61 bits per heavy atom. The number of carbonyl (C=O) groups is 2. The number of benzene rings is 3. The number of hydrogen-bond donors (Lipinski definition) is 1. The molecule has 1 aromatic heterocycles. The van der Waals surface area contributed by atoms with E-state index in [4.69, 9.17) is 28.3 Å². The zero-order valence-electron chi connectivity index (χ0n) is 19.8. The maximum Gasteiger partial charge on any atom is 0.245 e. The topological polar surface area (TPSA) is 67.2 Å². The molecule has 36 heavy (non-hydrogen) atoms. The normalized spacial score (nSPS) is 10.8. The van der Waals surface area contributed by atoms with E-state index in [1.165, 1.54) is 0 Å². The van der Waals surface area contributed by atoms with Crippen molar-refractivity contribution in [2.45, 2.75) is 19.8 Å². The van der Waals surface area contributed by atoms with Crippen LogP contribution < -0.4 is 5.32 Å². The van der Waals surface area contributed by atoms with Crippen molar-refractivity contribution in [2.24, 2.45) is 0 Å². The minimum atomic E-state index is -0.314. The number of hydrogen-bond acceptors (Lipinski definition) is 3. The van der Waals surface area contributed by atoms with E-state index in [0.29, 0.717) is 46.6 Å². The van der Waals surface area contributed by atoms with Crippen molar-refractivity contribution in [3.05, 3.63) is 101 Å². The molecule has 0 spiro atoms. The van der Waals surface area contributed by atoms with Gasteiger partial charge in [0.15, 0.2) is 0 Å². The van der Waals surface area contributed by atoms with E-state index >= 15 is 0 Å². The molecule has 4 aromatic rings. The van der Waals surface area contributed by atoms with E-state index in [9.17, 15) is 9.59 Å². The van der Waals surface area contributed by atoms with Gasteiger partial charge in [0.1, 0.15) is 5.82 Å². The van der Waals surface area contributed by atoms with Crippen molar-refractivity contribution in [3.63, 3.8) is 0 Å². The van der Waals surface area contributed by atoms with Gasteiger partial charge in [0, 0.05) is 24.6 Å². The summed E-state index contributed by atoms with van der Waals surface area (Å²) in [5.41, 5.74) is 3.32. The summed E-state index contributed by atoms with van der Waals surface area (Å²) in [6, 6.07) is 26.4. The van der Waals surface area contributed by atoms with Gasteiger partial charge >= 0.3 is 0 Å². The Balaban J connectivity index is 1.52. The first kappa shape index (κ1) is 25.5. The van der Waals surface area contributed by atoms with Crippen LogP contribution in [0.2, 0.25) is 10.0 Å². The molecule has 0 saturated carbocycles. The average molecular weight is 521 g/mol. The highest BCUT2D eigenvalue weighted by Crippen LogP contribution is 2.29. The van der Waals surface area contributed by atoms with Crippen molar-refractivity contribution >= 4 is 40.8 Å². The summed E-state index contributed by atoms with van der Waals surface area (Å²) >= 11 is 12.3. The van der Waals surface area contributed by atoms with Crippen LogP contribution in [0.1, 0.15) is 18.9 Å². The van der Waals surface area contributed by atoms with Gasteiger partial charge in [-0.05, 0) is 37.1 Å². The quantitative estimate of drug-likeness (QED) is 0.283. The fourth-order valence-electron chi connectivity index (χ4n) is 3.82. The smallest absolute Gasteiger partial charge is 0.245 e. The number of halogens is 2. The first-order valence-corrected chi connectivity index (χ1v) is 12.4. The number of rotatable bonds is 9. The zero-order chi connectivity index (χ0) is 25.5. The molecule has 6 nitrogen and oxygen atoms in total. The highest BCUT2D eigenvalue weighted by molar-refractivity contribution is 6.42. The van der Waals surface area contributed by atoms with Crippen molar-refractivity contribution in [3.8, 4) is 16.9 Å². The monoisotopic (exact) mass is 520 g/mol. The van der Waals surface area contributed by atoms with Gasteiger partial charge in [-0.3, -0.25) is 9.59 Å². The van der Waals surface area contributed by atoms with E-state index in [-0.39, 0.29) is 18.4 Å². The number of anilines is 1. The van der Waals surface area contributed by atoms with Gasteiger partial charge in [-0.1, -0.05) is 83.9 Å². The highest BCUT2D eigenvalue weighted by atomic mass is 35.5. The largest absolute Gasteiger partial charge is 0.334 e. The van der Waals surface area contributed by atoms with Crippen molar-refractivity contribution in [1.29, 1.82) is 0 Å². The van der Waals surface area contributed by atoms with Crippen LogP contribution in [0.5, 0.6) is 0 Å². The molecule has 3 aromatic carbocycles. The zero-order valence-corrected chi connectivity index (χ0v) is 21.3. The molecule has 0 saturated heterocycles. The first-order chi connectivity index (χ1) is 17.4. The Morgan fingerprint density at radius 1 is 0.917 bits per heavy atom. The summed E-state index contributed by atoms with van der Waals surface area (Å²) in [4.78, 5) is 27.4. The molecule has 2 amide bonds. The number of amides is 2. The molecule has 4 rings (SSSR count). The molecule has 0 aliphatic rings. The molecule has 0 aliphatic carbocycles. The third kappa shape index (κ3) is 6.33. The van der Waals surface area contributed by atoms with Gasteiger partial charge in [-0.2, -0.15) is 5.10 Å². The fourth-order valence-corrected chi connectivity index (χ4v) is 4.11. The van der Waals surface area contributed by atoms with Gasteiger partial charge in [-0.25, -0.2) is 4.68 Å². The van der Waals surface area contributed by atoms with Crippen LogP contribution in [0.15, 0.2) is 84.9 Å². The SMILES string of the molecule is CCN(CC(=O)Nc1cc(-c2ccccc2)nn1-c1ccc(Cl)c(Cl)c1)C(=O)CCc1ccccc1. The Labute approximate surface area is 220 Å². The van der Waals surface area contributed by atoms with Crippen LogP contribution in [-0.2, 0) is 16.0 Å². The first-order valence-electron chi connectivity index (χ1n) is 11.7. The van der Waals surface area contributed by atoms with Crippen molar-refractivity contribution in [2.75, 3.05) is 18.4 Å². The number of aryl methyl sites for hydroxylation is 1. The lowest BCUT2D eigenvalue weighted by atomic mass is 10.1. The Kier molecular flexibility index (Phi) is 8.41. The molecule has 0 aliphatic heterocycles.